The highest BCUT2D eigenvalue weighted by molar-refractivity contribution is 5.92. The van der Waals surface area contributed by atoms with Gasteiger partial charge >= 0.3 is 5.97 Å². The maximum atomic E-state index is 12.0. The van der Waals surface area contributed by atoms with Gasteiger partial charge in [-0.3, -0.25) is 9.59 Å². The Balaban J connectivity index is 1.84. The molecule has 0 heterocycles. The molecular formula is C23H29NO6. The number of carbonyl (C=O) groups is 2. The van der Waals surface area contributed by atoms with E-state index in [9.17, 15) is 9.59 Å². The predicted molar refractivity (Wildman–Crippen MR) is 115 cm³/mol. The molecule has 1 N–H and O–H groups in total. The van der Waals surface area contributed by atoms with Gasteiger partial charge < -0.3 is 24.3 Å². The van der Waals surface area contributed by atoms with Crippen molar-refractivity contribution >= 4 is 17.6 Å². The Morgan fingerprint density at radius 2 is 1.53 bits per heavy atom. The lowest BCUT2D eigenvalue weighted by atomic mass is 10.0. The highest BCUT2D eigenvalue weighted by atomic mass is 16.5. The second-order valence-electron chi connectivity index (χ2n) is 7.02. The van der Waals surface area contributed by atoms with Gasteiger partial charge in [-0.05, 0) is 47.7 Å². The Morgan fingerprint density at radius 1 is 0.933 bits per heavy atom. The normalized spacial score (nSPS) is 10.5. The molecule has 1 amide bonds. The SMILES string of the molecule is COc1cc(CCC(=O)OCC(=O)Nc2ccc(C(C)C)cc2)cc(OC)c1OC. The third kappa shape index (κ3) is 6.40. The van der Waals surface area contributed by atoms with Crippen LogP contribution in [-0.4, -0.2) is 39.8 Å². The van der Waals surface area contributed by atoms with Crippen molar-refractivity contribution in [3.05, 3.63) is 47.5 Å². The van der Waals surface area contributed by atoms with E-state index in [1.165, 1.54) is 26.9 Å². The zero-order chi connectivity index (χ0) is 22.1. The second kappa shape index (κ2) is 11.1. The summed E-state index contributed by atoms with van der Waals surface area (Å²) in [7, 11) is 4.59. The van der Waals surface area contributed by atoms with Crippen LogP contribution in [0.25, 0.3) is 0 Å². The van der Waals surface area contributed by atoms with E-state index in [0.717, 1.165) is 5.56 Å². The smallest absolute Gasteiger partial charge is 0.306 e. The van der Waals surface area contributed by atoms with Gasteiger partial charge in [0.05, 0.1) is 21.3 Å². The van der Waals surface area contributed by atoms with Gasteiger partial charge in [0.1, 0.15) is 0 Å². The van der Waals surface area contributed by atoms with Gasteiger partial charge in [0.15, 0.2) is 18.1 Å². The monoisotopic (exact) mass is 415 g/mol. The molecule has 2 aromatic rings. The van der Waals surface area contributed by atoms with E-state index in [1.807, 2.05) is 24.3 Å². The second-order valence-corrected chi connectivity index (χ2v) is 7.02. The van der Waals surface area contributed by atoms with Crippen molar-refractivity contribution in [1.82, 2.24) is 0 Å². The maximum Gasteiger partial charge on any atom is 0.306 e. The Labute approximate surface area is 177 Å². The first kappa shape index (κ1) is 23.1. The minimum Gasteiger partial charge on any atom is -0.493 e. The van der Waals surface area contributed by atoms with Crippen LogP contribution in [0, 0.1) is 0 Å². The largest absolute Gasteiger partial charge is 0.493 e. The number of carbonyl (C=O) groups excluding carboxylic acids is 2. The van der Waals surface area contributed by atoms with Crippen LogP contribution in [0.15, 0.2) is 36.4 Å². The van der Waals surface area contributed by atoms with Crippen LogP contribution >= 0.6 is 0 Å². The fourth-order valence-electron chi connectivity index (χ4n) is 2.89. The number of benzene rings is 2. The molecule has 0 saturated heterocycles. The molecule has 30 heavy (non-hydrogen) atoms. The van der Waals surface area contributed by atoms with Gasteiger partial charge in [-0.1, -0.05) is 26.0 Å². The zero-order valence-electron chi connectivity index (χ0n) is 18.1. The molecule has 0 aromatic heterocycles. The standard InChI is InChI=1S/C23H29NO6/c1-15(2)17-7-9-18(10-8-17)24-21(25)14-30-22(26)11-6-16-12-19(27-3)23(29-5)20(13-16)28-4/h7-10,12-13,15H,6,11,14H2,1-5H3,(H,24,25). The van der Waals surface area contributed by atoms with Gasteiger partial charge in [-0.15, -0.1) is 0 Å². The fourth-order valence-corrected chi connectivity index (χ4v) is 2.89. The molecule has 0 atom stereocenters. The molecule has 0 unspecified atom stereocenters. The van der Waals surface area contributed by atoms with Crippen LogP contribution < -0.4 is 19.5 Å². The topological polar surface area (TPSA) is 83.1 Å². The molecule has 0 aliphatic rings. The summed E-state index contributed by atoms with van der Waals surface area (Å²) >= 11 is 0. The quantitative estimate of drug-likeness (QED) is 0.592. The number of ether oxygens (including phenoxy) is 4. The summed E-state index contributed by atoms with van der Waals surface area (Å²) in [4.78, 5) is 24.0. The summed E-state index contributed by atoms with van der Waals surface area (Å²) in [5.74, 6) is 1.10. The summed E-state index contributed by atoms with van der Waals surface area (Å²) in [6.07, 6.45) is 0.531. The molecule has 0 saturated carbocycles. The van der Waals surface area contributed by atoms with Gasteiger partial charge in [-0.25, -0.2) is 0 Å². The maximum absolute atomic E-state index is 12.0. The first-order valence-corrected chi connectivity index (χ1v) is 9.72. The van der Waals surface area contributed by atoms with E-state index in [1.54, 1.807) is 12.1 Å². The third-order valence-electron chi connectivity index (χ3n) is 4.57. The molecule has 0 aliphatic carbocycles. The summed E-state index contributed by atoms with van der Waals surface area (Å²) < 4.78 is 21.0. The number of nitrogens with one attached hydrogen (secondary N) is 1. The zero-order valence-corrected chi connectivity index (χ0v) is 18.1. The molecule has 0 fully saturated rings. The van der Waals surface area contributed by atoms with E-state index >= 15 is 0 Å². The van der Waals surface area contributed by atoms with E-state index < -0.39 is 5.97 Å². The molecule has 0 radical (unpaired) electrons. The van der Waals surface area contributed by atoms with Crippen LogP contribution in [0.1, 0.15) is 37.3 Å². The highest BCUT2D eigenvalue weighted by Crippen LogP contribution is 2.38. The third-order valence-corrected chi connectivity index (χ3v) is 4.57. The number of methoxy groups -OCH3 is 3. The van der Waals surface area contributed by atoms with E-state index in [0.29, 0.717) is 35.3 Å². The number of hydrogen-bond acceptors (Lipinski definition) is 6. The number of esters is 1. The van der Waals surface area contributed by atoms with Crippen LogP contribution in [-0.2, 0) is 20.7 Å². The molecule has 162 valence electrons. The average Bonchev–Trinajstić information content (AvgIpc) is 2.75. The summed E-state index contributed by atoms with van der Waals surface area (Å²) in [6, 6.07) is 11.1. The van der Waals surface area contributed by atoms with Crippen molar-refractivity contribution in [3.63, 3.8) is 0 Å². The predicted octanol–water partition coefficient (Wildman–Crippen LogP) is 3.95. The summed E-state index contributed by atoms with van der Waals surface area (Å²) in [5.41, 5.74) is 2.68. The number of anilines is 1. The van der Waals surface area contributed by atoms with Crippen molar-refractivity contribution < 1.29 is 28.5 Å². The first-order chi connectivity index (χ1) is 14.4. The van der Waals surface area contributed by atoms with E-state index in [4.69, 9.17) is 18.9 Å². The number of hydrogen-bond donors (Lipinski definition) is 1. The van der Waals surface area contributed by atoms with E-state index in [-0.39, 0.29) is 18.9 Å². The van der Waals surface area contributed by atoms with Crippen molar-refractivity contribution in [1.29, 1.82) is 0 Å². The van der Waals surface area contributed by atoms with Crippen molar-refractivity contribution in [2.75, 3.05) is 33.3 Å². The Morgan fingerprint density at radius 3 is 2.03 bits per heavy atom. The number of aryl methyl sites for hydroxylation is 1. The molecule has 0 aliphatic heterocycles. The van der Waals surface area contributed by atoms with E-state index in [2.05, 4.69) is 19.2 Å². The number of rotatable bonds is 10. The lowest BCUT2D eigenvalue weighted by Crippen LogP contribution is -2.21. The van der Waals surface area contributed by atoms with Crippen LogP contribution in [0.4, 0.5) is 5.69 Å². The van der Waals surface area contributed by atoms with Gasteiger partial charge in [-0.2, -0.15) is 0 Å². The van der Waals surface area contributed by atoms with Gasteiger partial charge in [0.25, 0.3) is 5.91 Å². The fraction of sp³-hybridized carbons (Fsp3) is 0.391. The lowest BCUT2D eigenvalue weighted by Gasteiger charge is -2.14. The van der Waals surface area contributed by atoms with Gasteiger partial charge in [0, 0.05) is 12.1 Å². The average molecular weight is 415 g/mol. The Hall–Kier alpha value is -3.22. The van der Waals surface area contributed by atoms with Crippen molar-refractivity contribution in [2.45, 2.75) is 32.6 Å². The minimum absolute atomic E-state index is 0.120. The summed E-state index contributed by atoms with van der Waals surface area (Å²) in [5, 5.41) is 2.72. The van der Waals surface area contributed by atoms with Crippen LogP contribution in [0.2, 0.25) is 0 Å². The van der Waals surface area contributed by atoms with Crippen LogP contribution in [0.5, 0.6) is 17.2 Å². The highest BCUT2D eigenvalue weighted by Gasteiger charge is 2.15. The summed E-state index contributed by atoms with van der Waals surface area (Å²) in [6.45, 7) is 3.87. The molecular weight excluding hydrogens is 386 g/mol. The molecule has 2 rings (SSSR count). The Bertz CT molecular complexity index is 835. The molecule has 0 spiro atoms. The molecule has 0 bridgehead atoms. The first-order valence-electron chi connectivity index (χ1n) is 9.72. The van der Waals surface area contributed by atoms with Gasteiger partial charge in [0.2, 0.25) is 5.75 Å². The molecule has 7 nitrogen and oxygen atoms in total. The molecule has 2 aromatic carbocycles. The van der Waals surface area contributed by atoms with Crippen molar-refractivity contribution in [2.24, 2.45) is 0 Å². The lowest BCUT2D eigenvalue weighted by molar-refractivity contribution is -0.147. The van der Waals surface area contributed by atoms with Crippen molar-refractivity contribution in [3.8, 4) is 17.2 Å². The van der Waals surface area contributed by atoms with Crippen LogP contribution in [0.3, 0.4) is 0 Å². The Kier molecular flexibility index (Phi) is 8.53. The number of amides is 1. The minimum atomic E-state index is -0.464. The molecule has 7 heteroatoms.